The van der Waals surface area contributed by atoms with E-state index in [2.05, 4.69) is 6.92 Å². The van der Waals surface area contributed by atoms with Crippen LogP contribution in [-0.4, -0.2) is 46.3 Å². The molecule has 1 amide bonds. The minimum atomic E-state index is -1.05. The first kappa shape index (κ1) is 9.93. The van der Waals surface area contributed by atoms with Crippen molar-refractivity contribution >= 4 is 5.91 Å². The Morgan fingerprint density at radius 2 is 2.29 bits per heavy atom. The summed E-state index contributed by atoms with van der Waals surface area (Å²) >= 11 is 0. The predicted octanol–water partition coefficient (Wildman–Crippen LogP) is -0.402. The molecule has 1 heterocycles. The van der Waals surface area contributed by atoms with Crippen LogP contribution in [0.25, 0.3) is 0 Å². The molecule has 3 atom stereocenters. The highest BCUT2D eigenvalue weighted by Crippen LogP contribution is 2.40. The van der Waals surface area contributed by atoms with Gasteiger partial charge in [0, 0.05) is 12.5 Å². The molecule has 2 rings (SSSR count). The molecule has 2 fully saturated rings. The van der Waals surface area contributed by atoms with E-state index >= 15 is 0 Å². The summed E-state index contributed by atoms with van der Waals surface area (Å²) in [4.78, 5) is 13.4. The Hall–Kier alpha value is -0.610. The van der Waals surface area contributed by atoms with Gasteiger partial charge in [-0.2, -0.15) is 0 Å². The van der Waals surface area contributed by atoms with Gasteiger partial charge in [-0.3, -0.25) is 4.79 Å². The summed E-state index contributed by atoms with van der Waals surface area (Å²) < 4.78 is 0. The van der Waals surface area contributed by atoms with E-state index in [0.29, 0.717) is 25.4 Å². The van der Waals surface area contributed by atoms with Crippen LogP contribution in [-0.2, 0) is 4.79 Å². The minimum absolute atomic E-state index is 0.155. The standard InChI is InChI=1S/C10H17NO3/c1-7-4-8(7)9(13)11-3-2-10(14,5-11)6-12/h7-8,12,14H,2-6H2,1H3. The zero-order chi connectivity index (χ0) is 10.3. The van der Waals surface area contributed by atoms with Crippen molar-refractivity contribution in [3.63, 3.8) is 0 Å². The van der Waals surface area contributed by atoms with Crippen molar-refractivity contribution in [2.75, 3.05) is 19.7 Å². The molecule has 2 N–H and O–H groups in total. The molecule has 1 aliphatic carbocycles. The third-order valence-electron chi connectivity index (χ3n) is 3.36. The van der Waals surface area contributed by atoms with Gasteiger partial charge in [0.1, 0.15) is 5.60 Å². The van der Waals surface area contributed by atoms with Crippen LogP contribution >= 0.6 is 0 Å². The smallest absolute Gasteiger partial charge is 0.226 e. The maximum absolute atomic E-state index is 11.8. The molecule has 0 aromatic rings. The molecule has 0 radical (unpaired) electrons. The highest BCUT2D eigenvalue weighted by Gasteiger charge is 2.45. The molecule has 1 saturated carbocycles. The van der Waals surface area contributed by atoms with Crippen molar-refractivity contribution in [2.24, 2.45) is 11.8 Å². The van der Waals surface area contributed by atoms with Gasteiger partial charge >= 0.3 is 0 Å². The van der Waals surface area contributed by atoms with E-state index in [4.69, 9.17) is 5.11 Å². The first-order chi connectivity index (χ1) is 6.56. The van der Waals surface area contributed by atoms with Crippen LogP contribution < -0.4 is 0 Å². The van der Waals surface area contributed by atoms with Crippen LogP contribution in [0, 0.1) is 11.8 Å². The molecule has 0 spiro atoms. The van der Waals surface area contributed by atoms with Gasteiger partial charge in [0.25, 0.3) is 0 Å². The number of nitrogens with zero attached hydrogens (tertiary/aromatic N) is 1. The molecule has 3 unspecified atom stereocenters. The highest BCUT2D eigenvalue weighted by atomic mass is 16.3. The van der Waals surface area contributed by atoms with Gasteiger partial charge in [-0.25, -0.2) is 0 Å². The first-order valence-electron chi connectivity index (χ1n) is 5.18. The van der Waals surface area contributed by atoms with E-state index in [1.54, 1.807) is 4.90 Å². The molecular formula is C10H17NO3. The highest BCUT2D eigenvalue weighted by molar-refractivity contribution is 5.82. The lowest BCUT2D eigenvalue weighted by atomic mass is 10.1. The van der Waals surface area contributed by atoms with Crippen LogP contribution in [0.3, 0.4) is 0 Å². The normalized spacial score (nSPS) is 41.5. The number of carbonyl (C=O) groups is 1. The minimum Gasteiger partial charge on any atom is -0.393 e. The predicted molar refractivity (Wildman–Crippen MR) is 50.5 cm³/mol. The molecule has 0 aromatic carbocycles. The Morgan fingerprint density at radius 3 is 2.71 bits per heavy atom. The van der Waals surface area contributed by atoms with Crippen LogP contribution in [0.15, 0.2) is 0 Å². The van der Waals surface area contributed by atoms with Crippen molar-refractivity contribution < 1.29 is 15.0 Å². The van der Waals surface area contributed by atoms with E-state index in [9.17, 15) is 9.90 Å². The number of β-amino-alcohol motifs (C(OH)–C–C–N with tert-alkyl or cyclic N) is 1. The molecule has 14 heavy (non-hydrogen) atoms. The molecule has 4 heteroatoms. The van der Waals surface area contributed by atoms with Crippen molar-refractivity contribution in [1.29, 1.82) is 0 Å². The van der Waals surface area contributed by atoms with E-state index in [1.807, 2.05) is 0 Å². The van der Waals surface area contributed by atoms with E-state index in [0.717, 1.165) is 6.42 Å². The van der Waals surface area contributed by atoms with Crippen LogP contribution in [0.1, 0.15) is 19.8 Å². The van der Waals surface area contributed by atoms with Crippen molar-refractivity contribution in [2.45, 2.75) is 25.4 Å². The summed E-state index contributed by atoms with van der Waals surface area (Å²) in [7, 11) is 0. The quantitative estimate of drug-likeness (QED) is 0.636. The second kappa shape index (κ2) is 3.21. The average Bonchev–Trinajstić information content (AvgIpc) is 2.75. The van der Waals surface area contributed by atoms with Gasteiger partial charge in [0.15, 0.2) is 0 Å². The van der Waals surface area contributed by atoms with E-state index in [-0.39, 0.29) is 18.4 Å². The van der Waals surface area contributed by atoms with Crippen LogP contribution in [0.5, 0.6) is 0 Å². The third-order valence-corrected chi connectivity index (χ3v) is 3.36. The molecule has 2 aliphatic rings. The van der Waals surface area contributed by atoms with Gasteiger partial charge in [0.05, 0.1) is 13.2 Å². The number of hydrogen-bond donors (Lipinski definition) is 2. The number of likely N-dealkylation sites (tertiary alicyclic amines) is 1. The van der Waals surface area contributed by atoms with Gasteiger partial charge in [0.2, 0.25) is 5.91 Å². The molecular weight excluding hydrogens is 182 g/mol. The molecule has 80 valence electrons. The Morgan fingerprint density at radius 1 is 1.64 bits per heavy atom. The lowest BCUT2D eigenvalue weighted by molar-refractivity contribution is -0.133. The maximum atomic E-state index is 11.8. The molecule has 1 aliphatic heterocycles. The van der Waals surface area contributed by atoms with Crippen molar-refractivity contribution in [1.82, 2.24) is 4.90 Å². The number of rotatable bonds is 2. The average molecular weight is 199 g/mol. The Balaban J connectivity index is 1.92. The lowest BCUT2D eigenvalue weighted by Crippen LogP contribution is -2.39. The molecule has 0 bridgehead atoms. The zero-order valence-electron chi connectivity index (χ0n) is 8.44. The second-order valence-corrected chi connectivity index (χ2v) is 4.71. The first-order valence-corrected chi connectivity index (χ1v) is 5.18. The fraction of sp³-hybridized carbons (Fsp3) is 0.900. The summed E-state index contributed by atoms with van der Waals surface area (Å²) in [5.74, 6) is 0.836. The summed E-state index contributed by atoms with van der Waals surface area (Å²) in [6.07, 6.45) is 1.48. The zero-order valence-corrected chi connectivity index (χ0v) is 8.44. The lowest BCUT2D eigenvalue weighted by Gasteiger charge is -2.20. The fourth-order valence-electron chi connectivity index (χ4n) is 2.07. The van der Waals surface area contributed by atoms with Crippen molar-refractivity contribution in [3.8, 4) is 0 Å². The Kier molecular flexibility index (Phi) is 2.27. The summed E-state index contributed by atoms with van der Waals surface area (Å²) in [5.41, 5.74) is -1.05. The van der Waals surface area contributed by atoms with Gasteiger partial charge in [-0.15, -0.1) is 0 Å². The number of hydrogen-bond acceptors (Lipinski definition) is 3. The van der Waals surface area contributed by atoms with Gasteiger partial charge in [-0.05, 0) is 18.8 Å². The number of aliphatic hydroxyl groups is 2. The summed E-state index contributed by atoms with van der Waals surface area (Å²) in [5, 5.41) is 18.7. The summed E-state index contributed by atoms with van der Waals surface area (Å²) in [6.45, 7) is 2.69. The molecule has 1 saturated heterocycles. The number of aliphatic hydroxyl groups excluding tert-OH is 1. The Bertz CT molecular complexity index is 256. The molecule has 0 aromatic heterocycles. The van der Waals surface area contributed by atoms with Crippen LogP contribution in [0.4, 0.5) is 0 Å². The van der Waals surface area contributed by atoms with Gasteiger partial charge < -0.3 is 15.1 Å². The monoisotopic (exact) mass is 199 g/mol. The number of carbonyl (C=O) groups excluding carboxylic acids is 1. The largest absolute Gasteiger partial charge is 0.393 e. The number of amides is 1. The van der Waals surface area contributed by atoms with Crippen molar-refractivity contribution in [3.05, 3.63) is 0 Å². The maximum Gasteiger partial charge on any atom is 0.226 e. The fourth-order valence-corrected chi connectivity index (χ4v) is 2.07. The second-order valence-electron chi connectivity index (χ2n) is 4.71. The Labute approximate surface area is 83.5 Å². The molecule has 4 nitrogen and oxygen atoms in total. The SMILES string of the molecule is CC1CC1C(=O)N1CCC(O)(CO)C1. The topological polar surface area (TPSA) is 60.8 Å². The van der Waals surface area contributed by atoms with Crippen LogP contribution in [0.2, 0.25) is 0 Å². The van der Waals surface area contributed by atoms with Gasteiger partial charge in [-0.1, -0.05) is 6.92 Å². The third kappa shape index (κ3) is 1.64. The van der Waals surface area contributed by atoms with E-state index in [1.165, 1.54) is 0 Å². The van der Waals surface area contributed by atoms with E-state index < -0.39 is 5.60 Å². The summed E-state index contributed by atoms with van der Waals surface area (Å²) in [6, 6.07) is 0.